The summed E-state index contributed by atoms with van der Waals surface area (Å²) in [5.41, 5.74) is 1.07. The Bertz CT molecular complexity index is 894. The number of para-hydroxylation sites is 1. The Labute approximate surface area is 174 Å². The van der Waals surface area contributed by atoms with Crippen molar-refractivity contribution in [3.63, 3.8) is 0 Å². The molecule has 1 aliphatic heterocycles. The number of rotatable bonds is 8. The van der Waals surface area contributed by atoms with Crippen LogP contribution in [0.25, 0.3) is 10.2 Å². The third-order valence-corrected chi connectivity index (χ3v) is 6.21. The van der Waals surface area contributed by atoms with Crippen LogP contribution in [0.1, 0.15) is 17.8 Å². The number of ether oxygens (including phenoxy) is 1. The molecule has 2 N–H and O–H groups in total. The second-order valence-corrected chi connectivity index (χ2v) is 8.57. The molecule has 4 rings (SSSR count). The summed E-state index contributed by atoms with van der Waals surface area (Å²) in [5, 5.41) is 15.0. The smallest absolute Gasteiger partial charge is 0.126 e. The molecular weight excluding hydrogens is 389 g/mol. The average Bonchev–Trinajstić information content (AvgIpc) is 3.15. The minimum atomic E-state index is -0.592. The summed E-state index contributed by atoms with van der Waals surface area (Å²) in [7, 11) is 0. The Morgan fingerprint density at radius 1 is 1.21 bits per heavy atom. The number of hydrogen-bond acceptors (Lipinski definition) is 6. The van der Waals surface area contributed by atoms with Gasteiger partial charge in [-0.05, 0) is 50.2 Å². The zero-order chi connectivity index (χ0) is 20.1. The first-order valence-electron chi connectivity index (χ1n) is 10.0. The SMILES string of the molecule is OC(COc1cccc(F)c1)CN1CCC(NCc2nc3ccccc3s2)CC1. The van der Waals surface area contributed by atoms with E-state index in [0.717, 1.165) is 43.0 Å². The van der Waals surface area contributed by atoms with Crippen LogP contribution in [-0.4, -0.2) is 53.4 Å². The number of thiazole rings is 1. The topological polar surface area (TPSA) is 57.6 Å². The summed E-state index contributed by atoms with van der Waals surface area (Å²) in [6.45, 7) is 3.41. The molecule has 154 valence electrons. The number of fused-ring (bicyclic) bond motifs is 1. The van der Waals surface area contributed by atoms with E-state index in [0.29, 0.717) is 18.3 Å². The van der Waals surface area contributed by atoms with Gasteiger partial charge in [-0.15, -0.1) is 11.3 Å². The second-order valence-electron chi connectivity index (χ2n) is 7.45. The number of β-amino-alcohol motifs (C(OH)–C–C–N with tert-alkyl or cyclic N) is 1. The van der Waals surface area contributed by atoms with Crippen LogP contribution in [0, 0.1) is 5.82 Å². The van der Waals surface area contributed by atoms with Gasteiger partial charge in [0.15, 0.2) is 0 Å². The molecule has 1 saturated heterocycles. The molecule has 1 aliphatic rings. The van der Waals surface area contributed by atoms with Crippen LogP contribution in [0.2, 0.25) is 0 Å². The van der Waals surface area contributed by atoms with Crippen LogP contribution in [0.4, 0.5) is 4.39 Å². The third-order valence-electron chi connectivity index (χ3n) is 5.18. The van der Waals surface area contributed by atoms with Gasteiger partial charge < -0.3 is 20.1 Å². The predicted octanol–water partition coefficient (Wildman–Crippen LogP) is 3.43. The summed E-state index contributed by atoms with van der Waals surface area (Å²) in [6.07, 6.45) is 1.50. The number of benzene rings is 2. The van der Waals surface area contributed by atoms with Crippen molar-refractivity contribution < 1.29 is 14.2 Å². The van der Waals surface area contributed by atoms with E-state index in [1.807, 2.05) is 12.1 Å². The average molecular weight is 416 g/mol. The molecule has 0 bridgehead atoms. The van der Waals surface area contributed by atoms with E-state index >= 15 is 0 Å². The lowest BCUT2D eigenvalue weighted by Gasteiger charge is -2.33. The summed E-state index contributed by atoms with van der Waals surface area (Å²) < 4.78 is 19.9. The van der Waals surface area contributed by atoms with Crippen LogP contribution in [-0.2, 0) is 6.54 Å². The number of piperidine rings is 1. The van der Waals surface area contributed by atoms with Crippen molar-refractivity contribution in [2.45, 2.75) is 31.5 Å². The first-order chi connectivity index (χ1) is 14.2. The van der Waals surface area contributed by atoms with Crippen molar-refractivity contribution in [3.8, 4) is 5.75 Å². The highest BCUT2D eigenvalue weighted by Crippen LogP contribution is 2.22. The Morgan fingerprint density at radius 2 is 2.03 bits per heavy atom. The van der Waals surface area contributed by atoms with Crippen LogP contribution in [0.3, 0.4) is 0 Å². The molecule has 2 aromatic carbocycles. The van der Waals surface area contributed by atoms with Gasteiger partial charge in [-0.25, -0.2) is 9.37 Å². The number of halogens is 1. The van der Waals surface area contributed by atoms with Gasteiger partial charge in [0.25, 0.3) is 0 Å². The molecule has 0 aliphatic carbocycles. The minimum absolute atomic E-state index is 0.166. The lowest BCUT2D eigenvalue weighted by molar-refractivity contribution is 0.0577. The molecule has 3 aromatic rings. The van der Waals surface area contributed by atoms with Crippen molar-refractivity contribution in [2.75, 3.05) is 26.2 Å². The molecule has 1 unspecified atom stereocenters. The van der Waals surface area contributed by atoms with Crippen LogP contribution in [0.15, 0.2) is 48.5 Å². The van der Waals surface area contributed by atoms with Gasteiger partial charge in [-0.2, -0.15) is 0 Å². The lowest BCUT2D eigenvalue weighted by Crippen LogP contribution is -2.45. The van der Waals surface area contributed by atoms with E-state index in [1.165, 1.54) is 16.8 Å². The first-order valence-corrected chi connectivity index (χ1v) is 10.8. The molecule has 0 radical (unpaired) electrons. The maximum Gasteiger partial charge on any atom is 0.126 e. The highest BCUT2D eigenvalue weighted by Gasteiger charge is 2.21. The monoisotopic (exact) mass is 415 g/mol. The number of hydrogen-bond donors (Lipinski definition) is 2. The molecular formula is C22H26FN3O2S. The van der Waals surface area contributed by atoms with Gasteiger partial charge in [-0.1, -0.05) is 18.2 Å². The molecule has 7 heteroatoms. The maximum atomic E-state index is 13.2. The lowest BCUT2D eigenvalue weighted by atomic mass is 10.0. The van der Waals surface area contributed by atoms with Gasteiger partial charge in [-0.3, -0.25) is 0 Å². The van der Waals surface area contributed by atoms with Crippen LogP contribution in [0.5, 0.6) is 5.75 Å². The molecule has 29 heavy (non-hydrogen) atoms. The predicted molar refractivity (Wildman–Crippen MR) is 114 cm³/mol. The fourth-order valence-corrected chi connectivity index (χ4v) is 4.57. The fraction of sp³-hybridized carbons (Fsp3) is 0.409. The molecule has 1 atom stereocenters. The molecule has 1 fully saturated rings. The third kappa shape index (κ3) is 5.73. The first kappa shape index (κ1) is 20.2. The Hall–Kier alpha value is -2.06. The summed E-state index contributed by atoms with van der Waals surface area (Å²) in [6, 6.07) is 14.7. The van der Waals surface area contributed by atoms with Crippen molar-refractivity contribution in [3.05, 3.63) is 59.4 Å². The van der Waals surface area contributed by atoms with Gasteiger partial charge in [0, 0.05) is 25.2 Å². The van der Waals surface area contributed by atoms with Gasteiger partial charge >= 0.3 is 0 Å². The number of nitrogens with zero attached hydrogens (tertiary/aromatic N) is 2. The maximum absolute atomic E-state index is 13.2. The zero-order valence-corrected chi connectivity index (χ0v) is 17.1. The fourth-order valence-electron chi connectivity index (χ4n) is 3.65. The zero-order valence-electron chi connectivity index (χ0n) is 16.3. The number of nitrogens with one attached hydrogen (secondary N) is 1. The van der Waals surface area contributed by atoms with E-state index in [9.17, 15) is 9.50 Å². The standard InChI is InChI=1S/C22H26FN3O2S/c23-16-4-3-5-19(12-16)28-15-18(27)14-26-10-8-17(9-11-26)24-13-22-25-20-6-1-2-7-21(20)29-22/h1-7,12,17-18,24,27H,8-11,13-15H2. The second kappa shape index (κ2) is 9.63. The highest BCUT2D eigenvalue weighted by atomic mass is 32.1. The molecule has 5 nitrogen and oxygen atoms in total. The molecule has 0 saturated carbocycles. The van der Waals surface area contributed by atoms with Gasteiger partial charge in [0.2, 0.25) is 0 Å². The number of aliphatic hydroxyl groups is 1. The van der Waals surface area contributed by atoms with Crippen molar-refractivity contribution in [2.24, 2.45) is 0 Å². The van der Waals surface area contributed by atoms with E-state index in [1.54, 1.807) is 23.5 Å². The van der Waals surface area contributed by atoms with Crippen LogP contribution >= 0.6 is 11.3 Å². The van der Waals surface area contributed by atoms with Crippen molar-refractivity contribution in [1.82, 2.24) is 15.2 Å². The van der Waals surface area contributed by atoms with Gasteiger partial charge in [0.05, 0.1) is 10.2 Å². The normalized spacial score (nSPS) is 16.9. The number of aliphatic hydroxyl groups excluding tert-OH is 1. The minimum Gasteiger partial charge on any atom is -0.491 e. The van der Waals surface area contributed by atoms with E-state index in [2.05, 4.69) is 27.3 Å². The molecule has 2 heterocycles. The van der Waals surface area contributed by atoms with Gasteiger partial charge in [0.1, 0.15) is 29.3 Å². The van der Waals surface area contributed by atoms with E-state index < -0.39 is 6.10 Å². The highest BCUT2D eigenvalue weighted by molar-refractivity contribution is 7.18. The Morgan fingerprint density at radius 3 is 2.83 bits per heavy atom. The summed E-state index contributed by atoms with van der Waals surface area (Å²) in [5.74, 6) is 0.110. The summed E-state index contributed by atoms with van der Waals surface area (Å²) in [4.78, 5) is 6.94. The van der Waals surface area contributed by atoms with Crippen molar-refractivity contribution >= 4 is 21.6 Å². The largest absolute Gasteiger partial charge is 0.491 e. The van der Waals surface area contributed by atoms with E-state index in [-0.39, 0.29) is 12.4 Å². The Kier molecular flexibility index (Phi) is 6.71. The van der Waals surface area contributed by atoms with Crippen LogP contribution < -0.4 is 10.1 Å². The Balaban J connectivity index is 1.16. The molecule has 0 amide bonds. The van der Waals surface area contributed by atoms with E-state index in [4.69, 9.17) is 4.74 Å². The number of likely N-dealkylation sites (tertiary alicyclic amines) is 1. The molecule has 1 aromatic heterocycles. The van der Waals surface area contributed by atoms with Crippen molar-refractivity contribution in [1.29, 1.82) is 0 Å². The quantitative estimate of drug-likeness (QED) is 0.590. The number of aromatic nitrogens is 1. The molecule has 0 spiro atoms. The summed E-state index contributed by atoms with van der Waals surface area (Å²) >= 11 is 1.74.